The summed E-state index contributed by atoms with van der Waals surface area (Å²) >= 11 is 0. The van der Waals surface area contributed by atoms with Crippen LogP contribution in [0.3, 0.4) is 0 Å². The van der Waals surface area contributed by atoms with Gasteiger partial charge in [-0.3, -0.25) is 9.59 Å². The smallest absolute Gasteiger partial charge is 0.306 e. The molecule has 0 aliphatic heterocycles. The van der Waals surface area contributed by atoms with Crippen LogP contribution in [-0.2, 0) is 9.59 Å². The lowest BCUT2D eigenvalue weighted by molar-refractivity contribution is -0.146. The minimum atomic E-state index is -0.778. The van der Waals surface area contributed by atoms with Gasteiger partial charge in [-0.05, 0) is 50.5 Å². The summed E-state index contributed by atoms with van der Waals surface area (Å²) in [5.41, 5.74) is 0. The van der Waals surface area contributed by atoms with E-state index in [-0.39, 0.29) is 17.9 Å². The maximum Gasteiger partial charge on any atom is 0.306 e. The lowest BCUT2D eigenvalue weighted by Crippen LogP contribution is -2.46. The van der Waals surface area contributed by atoms with Gasteiger partial charge in [-0.15, -0.1) is 0 Å². The molecular formula is C17H23NO5. The van der Waals surface area contributed by atoms with E-state index in [0.717, 1.165) is 11.5 Å². The molecule has 0 saturated heterocycles. The van der Waals surface area contributed by atoms with Crippen LogP contribution in [0.1, 0.15) is 32.6 Å². The van der Waals surface area contributed by atoms with Gasteiger partial charge in [0.25, 0.3) is 0 Å². The number of nitrogens with one attached hydrogen (secondary N) is 1. The molecule has 1 aromatic carbocycles. The number of amides is 1. The largest absolute Gasteiger partial charge is 0.494 e. The van der Waals surface area contributed by atoms with Crippen molar-refractivity contribution in [3.05, 3.63) is 24.3 Å². The molecule has 0 spiro atoms. The number of carbonyl (C=O) groups is 2. The first-order valence-electron chi connectivity index (χ1n) is 7.96. The van der Waals surface area contributed by atoms with Gasteiger partial charge < -0.3 is 19.9 Å². The average molecular weight is 321 g/mol. The Bertz CT molecular complexity index is 522. The number of rotatable bonds is 9. The fourth-order valence-corrected chi connectivity index (χ4v) is 2.46. The Kier molecular flexibility index (Phi) is 6.26. The fourth-order valence-electron chi connectivity index (χ4n) is 2.46. The van der Waals surface area contributed by atoms with E-state index in [9.17, 15) is 9.59 Å². The Hall–Kier alpha value is -2.24. The van der Waals surface area contributed by atoms with Crippen LogP contribution in [0.5, 0.6) is 11.5 Å². The van der Waals surface area contributed by atoms with Crippen molar-refractivity contribution >= 4 is 11.9 Å². The number of benzene rings is 1. The van der Waals surface area contributed by atoms with Crippen LogP contribution in [0, 0.1) is 5.92 Å². The number of hydrogen-bond donors (Lipinski definition) is 2. The summed E-state index contributed by atoms with van der Waals surface area (Å²) in [6, 6.07) is 7.38. The normalized spacial score (nSPS) is 19.5. The standard InChI is InChI=1S/C17H23NO5/c1-2-22-14-5-7-15(8-6-14)23-9-3-4-16(19)18-13-10-12(11-13)17(20)21/h5-8,12-13H,2-4,9-11H2,1H3,(H,18,19)(H,20,21). The first kappa shape index (κ1) is 17.1. The molecule has 1 aromatic rings. The van der Waals surface area contributed by atoms with Crippen LogP contribution < -0.4 is 14.8 Å². The van der Waals surface area contributed by atoms with Crippen molar-refractivity contribution < 1.29 is 24.2 Å². The quantitative estimate of drug-likeness (QED) is 0.681. The molecule has 1 amide bonds. The lowest BCUT2D eigenvalue weighted by Gasteiger charge is -2.32. The second-order valence-corrected chi connectivity index (χ2v) is 5.63. The van der Waals surface area contributed by atoms with E-state index in [4.69, 9.17) is 14.6 Å². The first-order valence-corrected chi connectivity index (χ1v) is 7.96. The van der Waals surface area contributed by atoms with Gasteiger partial charge in [0.15, 0.2) is 0 Å². The Morgan fingerprint density at radius 3 is 2.35 bits per heavy atom. The molecule has 23 heavy (non-hydrogen) atoms. The van der Waals surface area contributed by atoms with Crippen LogP contribution in [-0.4, -0.2) is 36.2 Å². The Labute approximate surface area is 135 Å². The lowest BCUT2D eigenvalue weighted by atomic mass is 9.80. The highest BCUT2D eigenvalue weighted by Gasteiger charge is 2.34. The average Bonchev–Trinajstić information content (AvgIpc) is 2.48. The van der Waals surface area contributed by atoms with E-state index in [1.54, 1.807) is 0 Å². The molecule has 126 valence electrons. The van der Waals surface area contributed by atoms with Gasteiger partial charge in [-0.1, -0.05) is 0 Å². The van der Waals surface area contributed by atoms with Gasteiger partial charge in [-0.2, -0.15) is 0 Å². The summed E-state index contributed by atoms with van der Waals surface area (Å²) in [5, 5.41) is 11.6. The van der Waals surface area contributed by atoms with Crippen molar-refractivity contribution in [3.63, 3.8) is 0 Å². The molecule has 1 aliphatic carbocycles. The zero-order valence-electron chi connectivity index (χ0n) is 13.3. The molecular weight excluding hydrogens is 298 g/mol. The van der Waals surface area contributed by atoms with Crippen molar-refractivity contribution in [1.82, 2.24) is 5.32 Å². The zero-order chi connectivity index (χ0) is 16.7. The second kappa shape index (κ2) is 8.41. The van der Waals surface area contributed by atoms with E-state index in [1.807, 2.05) is 31.2 Å². The van der Waals surface area contributed by atoms with Crippen LogP contribution in [0.2, 0.25) is 0 Å². The van der Waals surface area contributed by atoms with Crippen LogP contribution in [0.15, 0.2) is 24.3 Å². The molecule has 0 aromatic heterocycles. The van der Waals surface area contributed by atoms with Crippen LogP contribution in [0.4, 0.5) is 0 Å². The third kappa shape index (κ3) is 5.47. The third-order valence-corrected chi connectivity index (χ3v) is 3.80. The minimum absolute atomic E-state index is 0.00984. The first-order chi connectivity index (χ1) is 11.1. The highest BCUT2D eigenvalue weighted by molar-refractivity contribution is 5.77. The SMILES string of the molecule is CCOc1ccc(OCCCC(=O)NC2CC(C(=O)O)C2)cc1. The number of carboxylic acid groups (broad SMARTS) is 1. The van der Waals surface area contributed by atoms with Crippen LogP contribution >= 0.6 is 0 Å². The maximum absolute atomic E-state index is 11.7. The summed E-state index contributed by atoms with van der Waals surface area (Å²) in [5.74, 6) is 0.424. The maximum atomic E-state index is 11.7. The molecule has 2 rings (SSSR count). The number of carboxylic acids is 1. The van der Waals surface area contributed by atoms with Gasteiger partial charge in [0.05, 0.1) is 19.1 Å². The van der Waals surface area contributed by atoms with E-state index >= 15 is 0 Å². The fraction of sp³-hybridized carbons (Fsp3) is 0.529. The monoisotopic (exact) mass is 321 g/mol. The zero-order valence-corrected chi connectivity index (χ0v) is 13.3. The summed E-state index contributed by atoms with van der Waals surface area (Å²) < 4.78 is 10.9. The molecule has 1 aliphatic rings. The summed E-state index contributed by atoms with van der Waals surface area (Å²) in [7, 11) is 0. The predicted molar refractivity (Wildman–Crippen MR) is 84.6 cm³/mol. The van der Waals surface area contributed by atoms with Crippen molar-refractivity contribution in [1.29, 1.82) is 0 Å². The number of ether oxygens (including phenoxy) is 2. The van der Waals surface area contributed by atoms with Gasteiger partial charge in [-0.25, -0.2) is 0 Å². The molecule has 0 bridgehead atoms. The van der Waals surface area contributed by atoms with Gasteiger partial charge in [0.2, 0.25) is 5.91 Å². The van der Waals surface area contributed by atoms with E-state index in [0.29, 0.717) is 38.9 Å². The van der Waals surface area contributed by atoms with Gasteiger partial charge in [0.1, 0.15) is 11.5 Å². The number of hydrogen-bond acceptors (Lipinski definition) is 4. The Morgan fingerprint density at radius 1 is 1.17 bits per heavy atom. The molecule has 0 unspecified atom stereocenters. The number of carbonyl (C=O) groups excluding carboxylic acids is 1. The molecule has 2 N–H and O–H groups in total. The van der Waals surface area contributed by atoms with Crippen molar-refractivity contribution in [2.24, 2.45) is 5.92 Å². The minimum Gasteiger partial charge on any atom is -0.494 e. The van der Waals surface area contributed by atoms with Crippen LogP contribution in [0.25, 0.3) is 0 Å². The summed E-state index contributed by atoms with van der Waals surface area (Å²) in [6.45, 7) is 3.02. The predicted octanol–water partition coefficient (Wildman–Crippen LogP) is 2.22. The molecule has 1 saturated carbocycles. The van der Waals surface area contributed by atoms with E-state index < -0.39 is 5.97 Å². The second-order valence-electron chi connectivity index (χ2n) is 5.63. The topological polar surface area (TPSA) is 84.9 Å². The van der Waals surface area contributed by atoms with Crippen molar-refractivity contribution in [3.8, 4) is 11.5 Å². The van der Waals surface area contributed by atoms with Gasteiger partial charge >= 0.3 is 5.97 Å². The van der Waals surface area contributed by atoms with E-state index in [2.05, 4.69) is 5.32 Å². The van der Waals surface area contributed by atoms with E-state index in [1.165, 1.54) is 0 Å². The molecule has 6 nitrogen and oxygen atoms in total. The molecule has 1 fully saturated rings. The third-order valence-electron chi connectivity index (χ3n) is 3.80. The number of aliphatic carboxylic acids is 1. The highest BCUT2D eigenvalue weighted by atomic mass is 16.5. The Morgan fingerprint density at radius 2 is 1.78 bits per heavy atom. The summed E-state index contributed by atoms with van der Waals surface area (Å²) in [4.78, 5) is 22.4. The van der Waals surface area contributed by atoms with Crippen molar-refractivity contribution in [2.75, 3.05) is 13.2 Å². The van der Waals surface area contributed by atoms with Crippen molar-refractivity contribution in [2.45, 2.75) is 38.6 Å². The molecule has 0 atom stereocenters. The molecule has 0 radical (unpaired) electrons. The van der Waals surface area contributed by atoms with Gasteiger partial charge in [0, 0.05) is 12.5 Å². The molecule has 6 heteroatoms. The Balaban J connectivity index is 1.56. The summed E-state index contributed by atoms with van der Waals surface area (Å²) in [6.07, 6.45) is 2.06. The molecule has 0 heterocycles. The highest BCUT2D eigenvalue weighted by Crippen LogP contribution is 2.27.